The first-order valence-electron chi connectivity index (χ1n) is 21.9. The molecule has 6 rings (SSSR count). The van der Waals surface area contributed by atoms with Crippen LogP contribution >= 0.6 is 0 Å². The predicted octanol–water partition coefficient (Wildman–Crippen LogP) is 3.12. The molecule has 0 bridgehead atoms. The fourth-order valence-corrected chi connectivity index (χ4v) is 9.38. The van der Waals surface area contributed by atoms with Gasteiger partial charge in [0.25, 0.3) is 0 Å². The number of amides is 5. The maximum absolute atomic E-state index is 14.4. The molecule has 3 aliphatic rings. The first kappa shape index (κ1) is 45.3. The van der Waals surface area contributed by atoms with Crippen LogP contribution in [-0.4, -0.2) is 94.8 Å². The van der Waals surface area contributed by atoms with Gasteiger partial charge >= 0.3 is 5.97 Å². The second-order valence-electron chi connectivity index (χ2n) is 16.8. The molecule has 3 fully saturated rings. The van der Waals surface area contributed by atoms with Crippen LogP contribution in [-0.2, 0) is 35.2 Å². The number of carbonyl (C=O) groups excluding carboxylic acids is 5. The van der Waals surface area contributed by atoms with Crippen LogP contribution in [0.3, 0.4) is 0 Å². The van der Waals surface area contributed by atoms with Crippen LogP contribution in [0, 0.1) is 11.8 Å². The molecule has 0 spiro atoms. The molecule has 3 aromatic carbocycles. The van der Waals surface area contributed by atoms with Crippen molar-refractivity contribution in [1.29, 1.82) is 0 Å². The van der Waals surface area contributed by atoms with Crippen LogP contribution in [0.2, 0.25) is 0 Å². The van der Waals surface area contributed by atoms with Crippen molar-refractivity contribution in [3.05, 3.63) is 108 Å². The van der Waals surface area contributed by atoms with Crippen molar-refractivity contribution in [2.75, 3.05) is 13.1 Å². The fraction of sp³-hybridized carbons (Fsp3) is 0.468. The van der Waals surface area contributed by atoms with Gasteiger partial charge in [-0.25, -0.2) is 0 Å². The fourth-order valence-electron chi connectivity index (χ4n) is 9.38. The van der Waals surface area contributed by atoms with E-state index in [0.29, 0.717) is 32.1 Å². The monoisotopic (exact) mass is 848 g/mol. The summed E-state index contributed by atoms with van der Waals surface area (Å²) >= 11 is 0. The standard InChI is InChI=1S/C47H60N8O7/c48-47(49)51-26-24-36(44(60)54-38(29-41(56)57)43(59)50-25-23-35(31-15-7-2-8-16-31)32-17-9-3-10-18-32)52-45(61)40-28-34(27-30-13-5-1-6-14-30)39-22-21-37(46(62)55(39)40)53-42(58)33-19-11-4-12-20-33/h1-3,5-10,13-18,33-40H,4,11-12,19-29H2,(H,50,59)(H,52,61)(H,53,58)(H,54,60)(H,56,57)(H4,48,49,51)/t34-,36+,37?,38+,39+,40+/m1/s1. The number of aliphatic carboxylic acids is 1. The number of guanidine groups is 1. The molecule has 15 heteroatoms. The van der Waals surface area contributed by atoms with Gasteiger partial charge in [0.15, 0.2) is 5.96 Å². The summed E-state index contributed by atoms with van der Waals surface area (Å²) in [6, 6.07) is 24.7. The van der Waals surface area contributed by atoms with Gasteiger partial charge in [0.1, 0.15) is 24.2 Å². The van der Waals surface area contributed by atoms with E-state index in [4.69, 9.17) is 11.5 Å². The van der Waals surface area contributed by atoms with Crippen molar-refractivity contribution in [3.8, 4) is 0 Å². The molecule has 2 aliphatic heterocycles. The third kappa shape index (κ3) is 12.2. The number of carboxylic acids is 1. The molecule has 1 unspecified atom stereocenters. The Bertz CT molecular complexity index is 1990. The van der Waals surface area contributed by atoms with Crippen LogP contribution in [0.4, 0.5) is 0 Å². The minimum Gasteiger partial charge on any atom is -0.481 e. The number of nitrogens with zero attached hydrogens (tertiary/aromatic N) is 2. The number of fused-ring (bicyclic) bond motifs is 1. The number of carbonyl (C=O) groups is 6. The Balaban J connectivity index is 1.17. The molecule has 2 heterocycles. The number of rotatable bonds is 19. The first-order chi connectivity index (χ1) is 30.0. The lowest BCUT2D eigenvalue weighted by atomic mass is 9.86. The SMILES string of the molecule is NC(N)=NCC[C@H](NC(=O)[C@@H]1C[C@@H](Cc2ccccc2)[C@@H]2CCC(NC(=O)C3CCCCC3)C(=O)N12)C(=O)N[C@@H](CC(=O)O)C(=O)NCCC(c1ccccc1)c1ccccc1. The van der Waals surface area contributed by atoms with E-state index in [0.717, 1.165) is 48.8 Å². The lowest BCUT2D eigenvalue weighted by molar-refractivity contribution is -0.147. The van der Waals surface area contributed by atoms with E-state index in [-0.39, 0.29) is 61.1 Å². The highest BCUT2D eigenvalue weighted by atomic mass is 16.4. The van der Waals surface area contributed by atoms with E-state index in [1.165, 1.54) is 0 Å². The van der Waals surface area contributed by atoms with Crippen LogP contribution in [0.15, 0.2) is 96.0 Å². The van der Waals surface area contributed by atoms with Crippen LogP contribution in [0.25, 0.3) is 0 Å². The zero-order valence-corrected chi connectivity index (χ0v) is 35.1. The summed E-state index contributed by atoms with van der Waals surface area (Å²) in [5.41, 5.74) is 14.3. The minimum atomic E-state index is -1.47. The average molecular weight is 849 g/mol. The molecule has 62 heavy (non-hydrogen) atoms. The molecule has 1 aliphatic carbocycles. The largest absolute Gasteiger partial charge is 0.481 e. The van der Waals surface area contributed by atoms with Gasteiger partial charge in [0.05, 0.1) is 6.42 Å². The van der Waals surface area contributed by atoms with Crippen molar-refractivity contribution in [1.82, 2.24) is 26.2 Å². The molecule has 6 atom stereocenters. The number of hydrogen-bond acceptors (Lipinski definition) is 7. The van der Waals surface area contributed by atoms with E-state index in [9.17, 15) is 33.9 Å². The predicted molar refractivity (Wildman–Crippen MR) is 234 cm³/mol. The van der Waals surface area contributed by atoms with E-state index < -0.39 is 54.3 Å². The van der Waals surface area contributed by atoms with E-state index in [1.807, 2.05) is 91.0 Å². The zero-order chi connectivity index (χ0) is 44.0. The molecule has 330 valence electrons. The lowest BCUT2D eigenvalue weighted by Crippen LogP contribution is -2.61. The van der Waals surface area contributed by atoms with E-state index >= 15 is 0 Å². The maximum Gasteiger partial charge on any atom is 0.305 e. The molecule has 0 radical (unpaired) electrons. The van der Waals surface area contributed by atoms with Crippen molar-refractivity contribution < 1.29 is 33.9 Å². The van der Waals surface area contributed by atoms with Gasteiger partial charge in [-0.15, -0.1) is 0 Å². The highest BCUT2D eigenvalue weighted by molar-refractivity contribution is 5.97. The van der Waals surface area contributed by atoms with Gasteiger partial charge < -0.3 is 42.7 Å². The normalized spacial score (nSPS) is 20.9. The summed E-state index contributed by atoms with van der Waals surface area (Å²) in [5.74, 6) is -4.38. The third-order valence-electron chi connectivity index (χ3n) is 12.5. The van der Waals surface area contributed by atoms with Gasteiger partial charge in [0, 0.05) is 31.0 Å². The Morgan fingerprint density at radius 2 is 1.37 bits per heavy atom. The Hall–Kier alpha value is -6.25. The van der Waals surface area contributed by atoms with Crippen LogP contribution < -0.4 is 32.7 Å². The molecule has 2 saturated heterocycles. The Morgan fingerprint density at radius 1 is 0.742 bits per heavy atom. The molecule has 0 aromatic heterocycles. The van der Waals surface area contributed by atoms with Gasteiger partial charge in [-0.2, -0.15) is 0 Å². The smallest absolute Gasteiger partial charge is 0.305 e. The third-order valence-corrected chi connectivity index (χ3v) is 12.5. The van der Waals surface area contributed by atoms with Crippen molar-refractivity contribution in [2.45, 2.75) is 113 Å². The number of hydrogen-bond donors (Lipinski definition) is 7. The molecule has 15 nitrogen and oxygen atoms in total. The van der Waals surface area contributed by atoms with Crippen molar-refractivity contribution in [2.24, 2.45) is 28.3 Å². The van der Waals surface area contributed by atoms with Gasteiger partial charge in [-0.05, 0) is 74.0 Å². The number of nitrogens with two attached hydrogens (primary N) is 2. The number of piperidine rings is 1. The summed E-state index contributed by atoms with van der Waals surface area (Å²) in [7, 11) is 0. The summed E-state index contributed by atoms with van der Waals surface area (Å²) in [5, 5.41) is 21.0. The first-order valence-corrected chi connectivity index (χ1v) is 21.9. The van der Waals surface area contributed by atoms with Crippen molar-refractivity contribution >= 4 is 41.5 Å². The Labute approximate surface area is 362 Å². The highest BCUT2D eigenvalue weighted by Gasteiger charge is 2.51. The van der Waals surface area contributed by atoms with Gasteiger partial charge in [0.2, 0.25) is 29.5 Å². The second kappa shape index (κ2) is 22.0. The molecule has 5 amide bonds. The summed E-state index contributed by atoms with van der Waals surface area (Å²) in [4.78, 5) is 87.3. The Kier molecular flexibility index (Phi) is 16.1. The number of carboxylic acid groups (broad SMARTS) is 1. The number of aliphatic imine (C=N–C) groups is 1. The van der Waals surface area contributed by atoms with E-state index in [1.54, 1.807) is 4.90 Å². The number of benzene rings is 3. The number of nitrogens with one attached hydrogen (secondary N) is 4. The Morgan fingerprint density at radius 3 is 1.98 bits per heavy atom. The second-order valence-corrected chi connectivity index (χ2v) is 16.8. The maximum atomic E-state index is 14.4. The van der Waals surface area contributed by atoms with Crippen LogP contribution in [0.1, 0.15) is 93.2 Å². The molecular weight excluding hydrogens is 789 g/mol. The van der Waals surface area contributed by atoms with E-state index in [2.05, 4.69) is 26.3 Å². The molecule has 9 N–H and O–H groups in total. The highest BCUT2D eigenvalue weighted by Crippen LogP contribution is 2.39. The molecule has 1 saturated carbocycles. The average Bonchev–Trinajstić information content (AvgIpc) is 3.65. The summed E-state index contributed by atoms with van der Waals surface area (Å²) in [6.45, 7) is 0.113. The van der Waals surface area contributed by atoms with Crippen LogP contribution in [0.5, 0.6) is 0 Å². The lowest BCUT2D eigenvalue weighted by Gasteiger charge is -2.39. The topological polar surface area (TPSA) is 238 Å². The summed E-state index contributed by atoms with van der Waals surface area (Å²) in [6.07, 6.45) is 6.26. The molecular formula is C47H60N8O7. The van der Waals surface area contributed by atoms with Gasteiger partial charge in [-0.1, -0.05) is 110 Å². The minimum absolute atomic E-state index is 0.0574. The zero-order valence-electron chi connectivity index (χ0n) is 35.1. The van der Waals surface area contributed by atoms with Gasteiger partial charge in [-0.3, -0.25) is 33.8 Å². The van der Waals surface area contributed by atoms with Crippen molar-refractivity contribution in [3.63, 3.8) is 0 Å². The quantitative estimate of drug-likeness (QED) is 0.0692. The molecule has 3 aromatic rings. The summed E-state index contributed by atoms with van der Waals surface area (Å²) < 4.78 is 0.